The predicted octanol–water partition coefficient (Wildman–Crippen LogP) is -1.61. The van der Waals surface area contributed by atoms with Gasteiger partial charge in [-0.25, -0.2) is 10.9 Å². The molecule has 44 valence electrons. The van der Waals surface area contributed by atoms with E-state index < -0.39 is 0 Å². The van der Waals surface area contributed by atoms with Gasteiger partial charge in [-0.3, -0.25) is 10.9 Å². The topological polar surface area (TPSA) is 48.1 Å². The van der Waals surface area contributed by atoms with E-state index in [9.17, 15) is 0 Å². The van der Waals surface area contributed by atoms with Crippen molar-refractivity contribution in [2.75, 3.05) is 20.8 Å². The van der Waals surface area contributed by atoms with Crippen LogP contribution in [0.1, 0.15) is 0 Å². The van der Waals surface area contributed by atoms with Crippen LogP contribution in [0.2, 0.25) is 0 Å². The zero-order chi connectivity index (χ0) is 5.54. The van der Waals surface area contributed by atoms with Gasteiger partial charge in [0, 0.05) is 0 Å². The van der Waals surface area contributed by atoms with Crippen LogP contribution < -0.4 is 21.7 Å². The summed E-state index contributed by atoms with van der Waals surface area (Å²) in [6.45, 7) is 0.715. The third-order valence-corrected chi connectivity index (χ3v) is 0.530. The summed E-state index contributed by atoms with van der Waals surface area (Å²) in [5.74, 6) is 0. The highest BCUT2D eigenvalue weighted by Crippen LogP contribution is 1.33. The minimum atomic E-state index is 0.715. The van der Waals surface area contributed by atoms with Gasteiger partial charge >= 0.3 is 0 Å². The van der Waals surface area contributed by atoms with E-state index in [1.165, 1.54) is 0 Å². The minimum Gasteiger partial charge on any atom is -0.260 e. The molecule has 7 heavy (non-hydrogen) atoms. The lowest BCUT2D eigenvalue weighted by Crippen LogP contribution is -2.41. The lowest BCUT2D eigenvalue weighted by Gasteiger charge is -2.01. The zero-order valence-electron chi connectivity index (χ0n) is 4.71. The van der Waals surface area contributed by atoms with Crippen LogP contribution in [0, 0.1) is 0 Å². The van der Waals surface area contributed by atoms with Gasteiger partial charge in [-0.15, -0.1) is 0 Å². The van der Waals surface area contributed by atoms with E-state index >= 15 is 0 Å². The van der Waals surface area contributed by atoms with Crippen LogP contribution in [-0.2, 0) is 0 Å². The van der Waals surface area contributed by atoms with Gasteiger partial charge in [0.15, 0.2) is 0 Å². The van der Waals surface area contributed by atoms with Crippen molar-refractivity contribution >= 4 is 0 Å². The largest absolute Gasteiger partial charge is 0.260 e. The van der Waals surface area contributed by atoms with E-state index in [0.29, 0.717) is 6.67 Å². The van der Waals surface area contributed by atoms with E-state index in [2.05, 4.69) is 21.7 Å². The van der Waals surface area contributed by atoms with Gasteiger partial charge in [0.05, 0.1) is 6.67 Å². The van der Waals surface area contributed by atoms with Gasteiger partial charge in [-0.1, -0.05) is 0 Å². The fraction of sp³-hybridized carbons (Fsp3) is 1.00. The molecule has 0 atom stereocenters. The first-order valence-electron chi connectivity index (χ1n) is 2.21. The van der Waals surface area contributed by atoms with Gasteiger partial charge in [0.2, 0.25) is 0 Å². The predicted molar refractivity (Wildman–Crippen MR) is 29.3 cm³/mol. The van der Waals surface area contributed by atoms with E-state index in [-0.39, 0.29) is 0 Å². The Kier molecular flexibility index (Phi) is 5.71. The van der Waals surface area contributed by atoms with Gasteiger partial charge in [-0.05, 0) is 14.1 Å². The molecule has 0 heterocycles. The van der Waals surface area contributed by atoms with Crippen LogP contribution in [0.5, 0.6) is 0 Å². The van der Waals surface area contributed by atoms with Gasteiger partial charge in [0.25, 0.3) is 0 Å². The number of hydrogen-bond acceptors (Lipinski definition) is 4. The van der Waals surface area contributed by atoms with Crippen LogP contribution in [0.15, 0.2) is 0 Å². The Morgan fingerprint density at radius 1 is 1.00 bits per heavy atom. The average molecular weight is 104 g/mol. The summed E-state index contributed by atoms with van der Waals surface area (Å²) >= 11 is 0. The second kappa shape index (κ2) is 5.84. The van der Waals surface area contributed by atoms with Crippen LogP contribution in [0.4, 0.5) is 0 Å². The van der Waals surface area contributed by atoms with Crippen molar-refractivity contribution in [2.45, 2.75) is 0 Å². The monoisotopic (exact) mass is 104 g/mol. The molecule has 4 heteroatoms. The first-order valence-corrected chi connectivity index (χ1v) is 2.21. The molecular formula is C3H12N4. The normalized spacial score (nSPS) is 9.43. The van der Waals surface area contributed by atoms with Crippen molar-refractivity contribution in [1.29, 1.82) is 0 Å². The highest BCUT2D eigenvalue weighted by molar-refractivity contribution is 4.24. The van der Waals surface area contributed by atoms with Gasteiger partial charge < -0.3 is 0 Å². The number of hydrazine groups is 2. The minimum absolute atomic E-state index is 0.715. The summed E-state index contributed by atoms with van der Waals surface area (Å²) in [6, 6.07) is 0. The molecule has 0 rings (SSSR count). The van der Waals surface area contributed by atoms with E-state index in [0.717, 1.165) is 0 Å². The fourth-order valence-electron chi connectivity index (χ4n) is 0.221. The highest BCUT2D eigenvalue weighted by Gasteiger charge is 1.71. The third kappa shape index (κ3) is 5.84. The number of hydrogen-bond donors (Lipinski definition) is 4. The van der Waals surface area contributed by atoms with E-state index in [1.54, 1.807) is 0 Å². The van der Waals surface area contributed by atoms with Crippen LogP contribution in [0.3, 0.4) is 0 Å². The maximum Gasteiger partial charge on any atom is 0.0720 e. The quantitative estimate of drug-likeness (QED) is 0.197. The molecule has 0 saturated carbocycles. The molecule has 0 aromatic rings. The Morgan fingerprint density at radius 2 is 1.43 bits per heavy atom. The molecule has 0 aliphatic carbocycles. The van der Waals surface area contributed by atoms with Crippen LogP contribution in [0.25, 0.3) is 0 Å². The molecule has 0 aliphatic heterocycles. The SMILES string of the molecule is CNNCNNC. The highest BCUT2D eigenvalue weighted by atomic mass is 15.5. The average Bonchev–Trinajstić information content (AvgIpc) is 1.69. The second-order valence-corrected chi connectivity index (χ2v) is 1.03. The molecule has 0 radical (unpaired) electrons. The molecule has 4 N–H and O–H groups in total. The Hall–Kier alpha value is -0.160. The molecule has 0 amide bonds. The van der Waals surface area contributed by atoms with Crippen LogP contribution in [-0.4, -0.2) is 20.8 Å². The molecule has 0 bridgehead atoms. The summed E-state index contributed by atoms with van der Waals surface area (Å²) in [5.41, 5.74) is 11.2. The molecule has 0 saturated heterocycles. The summed E-state index contributed by atoms with van der Waals surface area (Å²) in [6.07, 6.45) is 0. The van der Waals surface area contributed by atoms with E-state index in [1.807, 2.05) is 14.1 Å². The molecule has 4 nitrogen and oxygen atoms in total. The van der Waals surface area contributed by atoms with Crippen molar-refractivity contribution < 1.29 is 0 Å². The molecule has 0 aromatic heterocycles. The Morgan fingerprint density at radius 3 is 1.71 bits per heavy atom. The first kappa shape index (κ1) is 6.84. The zero-order valence-corrected chi connectivity index (χ0v) is 4.71. The Bertz CT molecular complexity index is 26.1. The summed E-state index contributed by atoms with van der Waals surface area (Å²) in [4.78, 5) is 0. The smallest absolute Gasteiger partial charge is 0.0720 e. The summed E-state index contributed by atoms with van der Waals surface area (Å²) in [7, 11) is 3.63. The van der Waals surface area contributed by atoms with Gasteiger partial charge in [0.1, 0.15) is 0 Å². The van der Waals surface area contributed by atoms with E-state index in [4.69, 9.17) is 0 Å². The maximum absolute atomic E-state index is 2.83. The maximum atomic E-state index is 2.83. The Labute approximate surface area is 43.6 Å². The molecule has 0 fully saturated rings. The number of rotatable bonds is 4. The first-order chi connectivity index (χ1) is 3.41. The molecular weight excluding hydrogens is 92.1 g/mol. The summed E-state index contributed by atoms with van der Waals surface area (Å²) in [5, 5.41) is 0. The van der Waals surface area contributed by atoms with Crippen LogP contribution >= 0.6 is 0 Å². The Balaban J connectivity index is 2.45. The van der Waals surface area contributed by atoms with Crippen molar-refractivity contribution in [2.24, 2.45) is 0 Å². The summed E-state index contributed by atoms with van der Waals surface area (Å²) < 4.78 is 0. The van der Waals surface area contributed by atoms with Gasteiger partial charge in [-0.2, -0.15) is 0 Å². The lowest BCUT2D eigenvalue weighted by atomic mass is 11.1. The lowest BCUT2D eigenvalue weighted by molar-refractivity contribution is 0.488. The van der Waals surface area contributed by atoms with Crippen molar-refractivity contribution in [1.82, 2.24) is 21.7 Å². The van der Waals surface area contributed by atoms with Crippen molar-refractivity contribution in [3.05, 3.63) is 0 Å². The molecule has 0 spiro atoms. The second-order valence-electron chi connectivity index (χ2n) is 1.03. The number of nitrogens with one attached hydrogen (secondary N) is 4. The molecule has 0 unspecified atom stereocenters. The molecule has 0 aromatic carbocycles. The third-order valence-electron chi connectivity index (χ3n) is 0.530. The van der Waals surface area contributed by atoms with Crippen molar-refractivity contribution in [3.8, 4) is 0 Å². The standard InChI is InChI=1S/C3H12N4/c1-4-6-3-7-5-2/h4-7H,3H2,1-2H3. The molecule has 0 aliphatic rings. The fourth-order valence-corrected chi connectivity index (χ4v) is 0.221. The van der Waals surface area contributed by atoms with Crippen molar-refractivity contribution in [3.63, 3.8) is 0 Å².